The van der Waals surface area contributed by atoms with Gasteiger partial charge in [0.15, 0.2) is 0 Å². The van der Waals surface area contributed by atoms with E-state index in [-0.39, 0.29) is 47.9 Å². The predicted octanol–water partition coefficient (Wildman–Crippen LogP) is 5.80. The molecule has 2 atom stereocenters. The molecule has 0 saturated carbocycles. The maximum Gasteiger partial charge on any atom is 0.264 e. The molecule has 0 aromatic heterocycles. The molecule has 0 heterocycles. The van der Waals surface area contributed by atoms with Crippen molar-refractivity contribution < 1.29 is 27.1 Å². The van der Waals surface area contributed by atoms with Crippen LogP contribution in [0, 0.1) is 5.82 Å². The number of anilines is 1. The molecule has 11 heteroatoms. The third kappa shape index (κ3) is 8.23. The van der Waals surface area contributed by atoms with Gasteiger partial charge in [0.2, 0.25) is 11.8 Å². The fourth-order valence-corrected chi connectivity index (χ4v) is 5.89. The zero-order chi connectivity index (χ0) is 30.9. The number of hydrogen-bond acceptors (Lipinski definition) is 5. The van der Waals surface area contributed by atoms with Crippen molar-refractivity contribution in [3.05, 3.63) is 89.2 Å². The van der Waals surface area contributed by atoms with Gasteiger partial charge in [-0.05, 0) is 80.8 Å². The number of sulfonamides is 1. The number of hydrogen-bond donors (Lipinski definition) is 1. The van der Waals surface area contributed by atoms with Crippen molar-refractivity contribution in [3.63, 3.8) is 0 Å². The van der Waals surface area contributed by atoms with Gasteiger partial charge in [-0.1, -0.05) is 49.7 Å². The quantitative estimate of drug-likeness (QED) is 0.247. The summed E-state index contributed by atoms with van der Waals surface area (Å²) in [6, 6.07) is 16.7. The van der Waals surface area contributed by atoms with Crippen molar-refractivity contribution in [2.24, 2.45) is 0 Å². The molecule has 0 aliphatic rings. The van der Waals surface area contributed by atoms with Gasteiger partial charge >= 0.3 is 0 Å². The summed E-state index contributed by atoms with van der Waals surface area (Å²) in [6.07, 6.45) is 0.962. The Morgan fingerprint density at radius 2 is 1.60 bits per heavy atom. The third-order valence-electron chi connectivity index (χ3n) is 6.77. The van der Waals surface area contributed by atoms with Crippen molar-refractivity contribution in [2.45, 2.75) is 64.1 Å². The van der Waals surface area contributed by atoms with Crippen LogP contribution in [0.15, 0.2) is 77.7 Å². The standard InChI is InChI=1S/C31H37ClFN3O5S/c1-5-22(4)34-31(38)27(6-2)35(20-23-12-16-25(33)17-13-23)30(37)21-36(28-10-8-9-11-29(28)41-7-3)42(39,40)26-18-14-24(32)15-19-26/h8-19,22,27H,5-7,20-21H2,1-4H3,(H,34,38)/t22-,27+/m0/s1. The molecule has 42 heavy (non-hydrogen) atoms. The van der Waals surface area contributed by atoms with Crippen LogP contribution >= 0.6 is 11.6 Å². The molecule has 0 saturated heterocycles. The highest BCUT2D eigenvalue weighted by atomic mass is 35.5. The van der Waals surface area contributed by atoms with E-state index in [1.165, 1.54) is 53.4 Å². The highest BCUT2D eigenvalue weighted by Gasteiger charge is 2.35. The Labute approximate surface area is 252 Å². The summed E-state index contributed by atoms with van der Waals surface area (Å²) >= 11 is 6.01. The number of ether oxygens (including phenoxy) is 1. The lowest BCUT2D eigenvalue weighted by Gasteiger charge is -2.34. The molecule has 0 aliphatic heterocycles. The molecule has 0 unspecified atom stereocenters. The second-order valence-corrected chi connectivity index (χ2v) is 12.1. The van der Waals surface area contributed by atoms with Crippen molar-refractivity contribution >= 4 is 39.1 Å². The van der Waals surface area contributed by atoms with Gasteiger partial charge < -0.3 is 15.0 Å². The Balaban J connectivity index is 2.10. The number of nitrogens with one attached hydrogen (secondary N) is 1. The molecule has 0 bridgehead atoms. The largest absolute Gasteiger partial charge is 0.492 e. The smallest absolute Gasteiger partial charge is 0.264 e. The van der Waals surface area contributed by atoms with Gasteiger partial charge in [0.05, 0.1) is 17.2 Å². The SMILES string of the molecule is CCOc1ccccc1N(CC(=O)N(Cc1ccc(F)cc1)[C@H](CC)C(=O)N[C@@H](C)CC)S(=O)(=O)c1ccc(Cl)cc1. The summed E-state index contributed by atoms with van der Waals surface area (Å²) in [4.78, 5) is 28.8. The molecule has 2 amide bonds. The normalized spacial score (nSPS) is 12.7. The topological polar surface area (TPSA) is 96.0 Å². The molecule has 3 aromatic rings. The van der Waals surface area contributed by atoms with Crippen LogP contribution in [0.2, 0.25) is 5.02 Å². The summed E-state index contributed by atoms with van der Waals surface area (Å²) in [5.41, 5.74) is 0.753. The van der Waals surface area contributed by atoms with Crippen molar-refractivity contribution in [1.82, 2.24) is 10.2 Å². The van der Waals surface area contributed by atoms with E-state index in [1.54, 1.807) is 38.1 Å². The number of amides is 2. The van der Waals surface area contributed by atoms with E-state index < -0.39 is 34.3 Å². The lowest BCUT2D eigenvalue weighted by Crippen LogP contribution is -2.53. The van der Waals surface area contributed by atoms with E-state index in [9.17, 15) is 22.4 Å². The van der Waals surface area contributed by atoms with Crippen molar-refractivity contribution in [2.75, 3.05) is 17.5 Å². The van der Waals surface area contributed by atoms with Crippen LogP contribution in [0.25, 0.3) is 0 Å². The van der Waals surface area contributed by atoms with Crippen LogP contribution in [0.1, 0.15) is 46.1 Å². The summed E-state index contributed by atoms with van der Waals surface area (Å²) in [5, 5.41) is 3.28. The van der Waals surface area contributed by atoms with Gasteiger partial charge in [0.25, 0.3) is 10.0 Å². The molecule has 0 aliphatic carbocycles. The van der Waals surface area contributed by atoms with E-state index >= 15 is 0 Å². The molecule has 1 N–H and O–H groups in total. The number of carbonyl (C=O) groups excluding carboxylic acids is 2. The van der Waals surface area contributed by atoms with E-state index in [0.29, 0.717) is 17.0 Å². The average Bonchev–Trinajstić information content (AvgIpc) is 2.97. The van der Waals surface area contributed by atoms with Crippen LogP contribution in [0.5, 0.6) is 5.75 Å². The minimum absolute atomic E-state index is 0.0342. The number of nitrogens with zero attached hydrogens (tertiary/aromatic N) is 2. The molecular formula is C31H37ClFN3O5S. The number of benzene rings is 3. The monoisotopic (exact) mass is 617 g/mol. The first kappa shape index (κ1) is 32.9. The fraction of sp³-hybridized carbons (Fsp3) is 0.355. The molecular weight excluding hydrogens is 581 g/mol. The second kappa shape index (κ2) is 15.0. The zero-order valence-corrected chi connectivity index (χ0v) is 25.8. The van der Waals surface area contributed by atoms with Crippen LogP contribution < -0.4 is 14.4 Å². The van der Waals surface area contributed by atoms with Gasteiger partial charge in [0, 0.05) is 17.6 Å². The fourth-order valence-electron chi connectivity index (χ4n) is 4.33. The van der Waals surface area contributed by atoms with Gasteiger partial charge in [-0.25, -0.2) is 12.8 Å². The lowest BCUT2D eigenvalue weighted by molar-refractivity contribution is -0.140. The van der Waals surface area contributed by atoms with E-state index in [0.717, 1.165) is 4.31 Å². The first-order valence-corrected chi connectivity index (χ1v) is 15.7. The highest BCUT2D eigenvalue weighted by Crippen LogP contribution is 2.33. The number of carbonyl (C=O) groups is 2. The van der Waals surface area contributed by atoms with Crippen LogP contribution in [0.4, 0.5) is 10.1 Å². The summed E-state index contributed by atoms with van der Waals surface area (Å²) in [7, 11) is -4.30. The average molecular weight is 618 g/mol. The Morgan fingerprint density at radius 1 is 0.952 bits per heavy atom. The first-order chi connectivity index (χ1) is 20.0. The highest BCUT2D eigenvalue weighted by molar-refractivity contribution is 7.92. The Hall–Kier alpha value is -3.63. The van der Waals surface area contributed by atoms with E-state index in [1.807, 2.05) is 13.8 Å². The van der Waals surface area contributed by atoms with Crippen LogP contribution in [-0.2, 0) is 26.2 Å². The summed E-state index contributed by atoms with van der Waals surface area (Å²) in [6.45, 7) is 6.95. The minimum atomic E-state index is -4.30. The van der Waals surface area contributed by atoms with E-state index in [4.69, 9.17) is 16.3 Å². The van der Waals surface area contributed by atoms with Gasteiger partial charge in [0.1, 0.15) is 24.2 Å². The lowest BCUT2D eigenvalue weighted by atomic mass is 10.1. The minimum Gasteiger partial charge on any atom is -0.492 e. The van der Waals surface area contributed by atoms with E-state index in [2.05, 4.69) is 5.32 Å². The predicted molar refractivity (Wildman–Crippen MR) is 163 cm³/mol. The maximum absolute atomic E-state index is 14.2. The Kier molecular flexibility index (Phi) is 11.8. The third-order valence-corrected chi connectivity index (χ3v) is 8.79. The van der Waals surface area contributed by atoms with Crippen molar-refractivity contribution in [3.8, 4) is 5.75 Å². The second-order valence-electron chi connectivity index (χ2n) is 9.76. The summed E-state index contributed by atoms with van der Waals surface area (Å²) in [5.74, 6) is -1.14. The molecule has 0 radical (unpaired) electrons. The Morgan fingerprint density at radius 3 is 2.19 bits per heavy atom. The first-order valence-electron chi connectivity index (χ1n) is 13.9. The number of para-hydroxylation sites is 2. The number of rotatable bonds is 14. The molecule has 3 rings (SSSR count). The van der Waals surface area contributed by atoms with Gasteiger partial charge in [-0.15, -0.1) is 0 Å². The van der Waals surface area contributed by atoms with Crippen LogP contribution in [-0.4, -0.2) is 50.4 Å². The maximum atomic E-state index is 14.2. The molecule has 3 aromatic carbocycles. The zero-order valence-electron chi connectivity index (χ0n) is 24.2. The van der Waals surface area contributed by atoms with Gasteiger partial charge in [-0.3, -0.25) is 13.9 Å². The molecule has 0 fully saturated rings. The Bertz CT molecular complexity index is 1450. The number of halogens is 2. The van der Waals surface area contributed by atoms with Gasteiger partial charge in [-0.2, -0.15) is 0 Å². The molecule has 8 nitrogen and oxygen atoms in total. The molecule has 226 valence electrons. The van der Waals surface area contributed by atoms with Crippen molar-refractivity contribution in [1.29, 1.82) is 0 Å². The summed E-state index contributed by atoms with van der Waals surface area (Å²) < 4.78 is 48.5. The van der Waals surface area contributed by atoms with Crippen LogP contribution in [0.3, 0.4) is 0 Å². The molecule has 0 spiro atoms.